The van der Waals surface area contributed by atoms with Gasteiger partial charge in [-0.3, -0.25) is 4.79 Å². The van der Waals surface area contributed by atoms with Crippen LogP contribution in [0, 0.1) is 11.8 Å². The number of hydrogen-bond donors (Lipinski definition) is 1. The highest BCUT2D eigenvalue weighted by Gasteiger charge is 2.27. The second kappa shape index (κ2) is 12.8. The van der Waals surface area contributed by atoms with Gasteiger partial charge in [-0.2, -0.15) is 0 Å². The number of carbonyl (C=O) groups excluding carboxylic acids is 1. The Morgan fingerprint density at radius 3 is 2.50 bits per heavy atom. The summed E-state index contributed by atoms with van der Waals surface area (Å²) in [4.78, 5) is 25.6. The fraction of sp³-hybridized carbons (Fsp3) is 0.469. The molecule has 0 aliphatic heterocycles. The number of aromatic nitrogens is 1. The second-order valence-electron chi connectivity index (χ2n) is 11.0. The maximum atomic E-state index is 12.7. The van der Waals surface area contributed by atoms with Crippen molar-refractivity contribution in [3.05, 3.63) is 70.7 Å². The van der Waals surface area contributed by atoms with Gasteiger partial charge in [-0.15, -0.1) is 11.3 Å². The van der Waals surface area contributed by atoms with Crippen molar-refractivity contribution in [1.82, 2.24) is 9.88 Å². The Bertz CT molecular complexity index is 1210. The highest BCUT2D eigenvalue weighted by molar-refractivity contribution is 7.15. The Hall–Kier alpha value is -2.83. The predicted molar refractivity (Wildman–Crippen MR) is 159 cm³/mol. The number of aliphatic imine (C=N–C) groups is 1. The van der Waals surface area contributed by atoms with E-state index in [1.54, 1.807) is 11.3 Å². The zero-order valence-corrected chi connectivity index (χ0v) is 23.3. The summed E-state index contributed by atoms with van der Waals surface area (Å²) in [6.45, 7) is 4.64. The molecule has 1 aromatic heterocycles. The van der Waals surface area contributed by atoms with Crippen molar-refractivity contribution in [2.75, 3.05) is 18.8 Å². The van der Waals surface area contributed by atoms with E-state index in [-0.39, 0.29) is 5.91 Å². The molecule has 2 N–H and O–H groups in total. The zero-order chi connectivity index (χ0) is 26.3. The van der Waals surface area contributed by atoms with Gasteiger partial charge in [0, 0.05) is 22.7 Å². The first-order valence-corrected chi connectivity index (χ1v) is 15.1. The molecule has 1 saturated carbocycles. The third-order valence-electron chi connectivity index (χ3n) is 8.31. The standard InChI is InChI=1S/C32H40N4OS/c1-2-19-36(28-16-17-29-30(21-28)38-32(33)35-29)20-18-23-8-10-24(11-9-23)22-34-31(37)27-14-12-26(13-15-27)25-6-4-3-5-7-25/h3-7,12-15,22-24,28H,2,8-11,16-21H2,1H3,(H2,33,35). The molecule has 5 nitrogen and oxygen atoms in total. The quantitative estimate of drug-likeness (QED) is 0.302. The first kappa shape index (κ1) is 26.8. The van der Waals surface area contributed by atoms with Crippen LogP contribution < -0.4 is 5.73 Å². The molecule has 3 aromatic rings. The molecule has 2 aliphatic rings. The highest BCUT2D eigenvalue weighted by atomic mass is 32.1. The summed E-state index contributed by atoms with van der Waals surface area (Å²) in [5.74, 6) is 1.05. The van der Waals surface area contributed by atoms with E-state index in [0.717, 1.165) is 47.9 Å². The minimum absolute atomic E-state index is 0.139. The predicted octanol–water partition coefficient (Wildman–Crippen LogP) is 7.07. The number of nitrogens with zero attached hydrogens (tertiary/aromatic N) is 3. The van der Waals surface area contributed by atoms with Crippen molar-refractivity contribution in [3.8, 4) is 11.1 Å². The smallest absolute Gasteiger partial charge is 0.276 e. The Labute approximate surface area is 231 Å². The number of anilines is 1. The van der Waals surface area contributed by atoms with Crippen LogP contribution in [0.5, 0.6) is 0 Å². The fourth-order valence-electron chi connectivity index (χ4n) is 6.11. The van der Waals surface area contributed by atoms with Crippen molar-refractivity contribution in [1.29, 1.82) is 0 Å². The van der Waals surface area contributed by atoms with E-state index in [1.165, 1.54) is 55.8 Å². The molecule has 0 bridgehead atoms. The summed E-state index contributed by atoms with van der Waals surface area (Å²) < 4.78 is 0. The lowest BCUT2D eigenvalue weighted by Gasteiger charge is -2.35. The molecule has 1 amide bonds. The van der Waals surface area contributed by atoms with Crippen LogP contribution in [-0.2, 0) is 12.8 Å². The van der Waals surface area contributed by atoms with E-state index < -0.39 is 0 Å². The molecule has 2 aromatic carbocycles. The van der Waals surface area contributed by atoms with Gasteiger partial charge in [0.25, 0.3) is 5.91 Å². The summed E-state index contributed by atoms with van der Waals surface area (Å²) in [7, 11) is 0. The summed E-state index contributed by atoms with van der Waals surface area (Å²) in [5, 5.41) is 0.723. The van der Waals surface area contributed by atoms with Gasteiger partial charge < -0.3 is 10.6 Å². The van der Waals surface area contributed by atoms with E-state index >= 15 is 0 Å². The number of thiazole rings is 1. The van der Waals surface area contributed by atoms with Crippen LogP contribution >= 0.6 is 11.3 Å². The summed E-state index contributed by atoms with van der Waals surface area (Å²) in [6, 6.07) is 18.6. The Balaban J connectivity index is 1.07. The van der Waals surface area contributed by atoms with Crippen LogP contribution in [-0.4, -0.2) is 41.1 Å². The maximum Gasteiger partial charge on any atom is 0.276 e. The number of hydrogen-bond acceptors (Lipinski definition) is 5. The Morgan fingerprint density at radius 1 is 1.03 bits per heavy atom. The normalized spacial score (nSPS) is 21.6. The molecular weight excluding hydrogens is 488 g/mol. The summed E-state index contributed by atoms with van der Waals surface area (Å²) in [5.41, 5.74) is 10.1. The van der Waals surface area contributed by atoms with Gasteiger partial charge in [0.05, 0.1) is 5.69 Å². The molecular formula is C32H40N4OS. The Kier molecular flexibility index (Phi) is 9.02. The Morgan fingerprint density at radius 2 is 1.76 bits per heavy atom. The van der Waals surface area contributed by atoms with Gasteiger partial charge in [0.2, 0.25) is 0 Å². The average Bonchev–Trinajstić information content (AvgIpc) is 3.34. The third-order valence-corrected chi connectivity index (χ3v) is 9.26. The number of fused-ring (bicyclic) bond motifs is 1. The number of nitrogen functional groups attached to an aromatic ring is 1. The number of rotatable bonds is 9. The number of benzene rings is 2. The van der Waals surface area contributed by atoms with E-state index in [2.05, 4.69) is 33.9 Å². The topological polar surface area (TPSA) is 71.6 Å². The van der Waals surface area contributed by atoms with Gasteiger partial charge in [0.1, 0.15) is 0 Å². The minimum atomic E-state index is -0.139. The number of carbonyl (C=O) groups is 1. The molecule has 200 valence electrons. The van der Waals surface area contributed by atoms with E-state index in [4.69, 9.17) is 5.73 Å². The van der Waals surface area contributed by atoms with Gasteiger partial charge in [-0.05, 0) is 106 Å². The first-order valence-electron chi connectivity index (χ1n) is 14.3. The highest BCUT2D eigenvalue weighted by Crippen LogP contribution is 2.33. The summed E-state index contributed by atoms with van der Waals surface area (Å²) >= 11 is 1.68. The van der Waals surface area contributed by atoms with Gasteiger partial charge in [0.15, 0.2) is 5.13 Å². The van der Waals surface area contributed by atoms with Crippen molar-refractivity contribution < 1.29 is 4.79 Å². The van der Waals surface area contributed by atoms with Gasteiger partial charge in [-0.1, -0.05) is 49.4 Å². The number of aryl methyl sites for hydroxylation is 1. The van der Waals surface area contributed by atoms with Gasteiger partial charge >= 0.3 is 0 Å². The number of amides is 1. The van der Waals surface area contributed by atoms with Crippen molar-refractivity contribution in [3.63, 3.8) is 0 Å². The van der Waals surface area contributed by atoms with Crippen LogP contribution in [0.15, 0.2) is 59.6 Å². The van der Waals surface area contributed by atoms with Crippen LogP contribution in [0.4, 0.5) is 5.13 Å². The van der Waals surface area contributed by atoms with Crippen LogP contribution in [0.1, 0.15) is 72.8 Å². The van der Waals surface area contributed by atoms with Crippen molar-refractivity contribution in [2.24, 2.45) is 16.8 Å². The largest absolute Gasteiger partial charge is 0.375 e. The monoisotopic (exact) mass is 528 g/mol. The lowest BCUT2D eigenvalue weighted by Crippen LogP contribution is -2.41. The molecule has 5 rings (SSSR count). The molecule has 1 atom stereocenters. The van der Waals surface area contributed by atoms with Crippen molar-refractivity contribution >= 4 is 28.6 Å². The maximum absolute atomic E-state index is 12.7. The fourth-order valence-corrected chi connectivity index (χ4v) is 7.06. The molecule has 38 heavy (non-hydrogen) atoms. The lowest BCUT2D eigenvalue weighted by molar-refractivity contribution is 0.100. The van der Waals surface area contributed by atoms with Crippen LogP contribution in [0.25, 0.3) is 11.1 Å². The molecule has 1 heterocycles. The summed E-state index contributed by atoms with van der Waals surface area (Å²) in [6.07, 6.45) is 12.5. The van der Waals surface area contributed by atoms with Gasteiger partial charge in [-0.25, -0.2) is 9.98 Å². The van der Waals surface area contributed by atoms with E-state index in [0.29, 0.717) is 17.5 Å². The average molecular weight is 529 g/mol. The van der Waals surface area contributed by atoms with Crippen molar-refractivity contribution in [2.45, 2.75) is 70.8 Å². The van der Waals surface area contributed by atoms with E-state index in [9.17, 15) is 4.79 Å². The molecule has 0 spiro atoms. The molecule has 1 fully saturated rings. The zero-order valence-electron chi connectivity index (χ0n) is 22.5. The lowest BCUT2D eigenvalue weighted by atomic mass is 9.81. The van der Waals surface area contributed by atoms with Crippen LogP contribution in [0.2, 0.25) is 0 Å². The SMILES string of the molecule is CCCN(CCC1CCC(C=NC(=O)c2ccc(-c3ccccc3)cc2)CC1)C1CCc2nc(N)sc2C1. The molecule has 0 saturated heterocycles. The van der Waals surface area contributed by atoms with Crippen LogP contribution in [0.3, 0.4) is 0 Å². The molecule has 0 radical (unpaired) electrons. The second-order valence-corrected chi connectivity index (χ2v) is 12.1. The van der Waals surface area contributed by atoms with E-state index in [1.807, 2.05) is 48.7 Å². The third kappa shape index (κ3) is 6.78. The first-order chi connectivity index (χ1) is 18.6. The molecule has 1 unspecified atom stereocenters. The minimum Gasteiger partial charge on any atom is -0.375 e. The molecule has 2 aliphatic carbocycles. The molecule has 6 heteroatoms. The number of nitrogens with two attached hydrogens (primary N) is 1.